The van der Waals surface area contributed by atoms with Crippen molar-refractivity contribution >= 4 is 15.9 Å². The molecule has 24 heavy (non-hydrogen) atoms. The highest BCUT2D eigenvalue weighted by Gasteiger charge is 2.52. The Morgan fingerprint density at radius 3 is 2.75 bits per heavy atom. The van der Waals surface area contributed by atoms with Crippen LogP contribution in [-0.2, 0) is 10.0 Å². The number of fused-ring (bicyclic) bond motifs is 1. The number of aliphatic hydroxyl groups is 1. The molecule has 0 spiro atoms. The van der Waals surface area contributed by atoms with Gasteiger partial charge in [-0.2, -0.15) is 0 Å². The molecule has 8 heteroatoms. The molecule has 0 aliphatic carbocycles. The lowest BCUT2D eigenvalue weighted by atomic mass is 9.74. The largest absolute Gasteiger partial charge is 0.396 e. The molecule has 1 aromatic rings. The maximum absolute atomic E-state index is 12.7. The van der Waals surface area contributed by atoms with E-state index in [0.29, 0.717) is 31.7 Å². The van der Waals surface area contributed by atoms with E-state index in [0.717, 1.165) is 5.56 Å². The molecule has 3 rings (SSSR count). The lowest BCUT2D eigenvalue weighted by Crippen LogP contribution is -2.52. The summed E-state index contributed by atoms with van der Waals surface area (Å²) in [5.74, 6) is -0.0914. The van der Waals surface area contributed by atoms with Gasteiger partial charge in [0.05, 0.1) is 12.9 Å². The average Bonchev–Trinajstić information content (AvgIpc) is 2.94. The van der Waals surface area contributed by atoms with Gasteiger partial charge in [0.15, 0.2) is 0 Å². The van der Waals surface area contributed by atoms with Gasteiger partial charge in [0.2, 0.25) is 10.0 Å². The Morgan fingerprint density at radius 2 is 2.17 bits per heavy atom. The van der Waals surface area contributed by atoms with Crippen LogP contribution >= 0.6 is 0 Å². The number of sulfonamides is 1. The van der Waals surface area contributed by atoms with Crippen LogP contribution in [-0.4, -0.2) is 72.7 Å². The van der Waals surface area contributed by atoms with Crippen LogP contribution in [0.3, 0.4) is 0 Å². The number of carbonyl (C=O) groups is 1. The second kappa shape index (κ2) is 6.09. The lowest BCUT2D eigenvalue weighted by molar-refractivity contribution is 0.0126. The topological polar surface area (TPSA) is 90.8 Å². The SMILES string of the molecule is Cc1ccc(C(=O)N2CC[C@H]3CN(S(C)(=O)=O)C[C@@]3(CO)C2)nc1. The minimum Gasteiger partial charge on any atom is -0.396 e. The first-order chi connectivity index (χ1) is 11.2. The molecule has 1 N–H and O–H groups in total. The third-order valence-corrected chi connectivity index (χ3v) is 6.45. The zero-order chi connectivity index (χ0) is 17.5. The molecule has 2 fully saturated rings. The summed E-state index contributed by atoms with van der Waals surface area (Å²) in [5.41, 5.74) is 0.781. The number of hydrogen-bond donors (Lipinski definition) is 1. The third-order valence-electron chi connectivity index (χ3n) is 5.24. The minimum atomic E-state index is -3.30. The van der Waals surface area contributed by atoms with Crippen molar-refractivity contribution < 1.29 is 18.3 Å². The Kier molecular flexibility index (Phi) is 4.39. The lowest BCUT2D eigenvalue weighted by Gasteiger charge is -2.43. The van der Waals surface area contributed by atoms with E-state index >= 15 is 0 Å². The molecule has 2 aliphatic heterocycles. The maximum Gasteiger partial charge on any atom is 0.272 e. The number of aromatic nitrogens is 1. The minimum absolute atomic E-state index is 0.0762. The van der Waals surface area contributed by atoms with Crippen LogP contribution in [0, 0.1) is 18.3 Å². The molecule has 7 nitrogen and oxygen atoms in total. The predicted octanol–water partition coefficient (Wildman–Crippen LogP) is 0.106. The van der Waals surface area contributed by atoms with Gasteiger partial charge >= 0.3 is 0 Å². The first-order valence-electron chi connectivity index (χ1n) is 8.03. The van der Waals surface area contributed by atoms with Gasteiger partial charge in [-0.1, -0.05) is 6.07 Å². The Balaban J connectivity index is 1.81. The van der Waals surface area contributed by atoms with Crippen molar-refractivity contribution in [3.8, 4) is 0 Å². The molecule has 2 atom stereocenters. The Labute approximate surface area is 142 Å². The Bertz CT molecular complexity index is 734. The molecule has 1 aromatic heterocycles. The smallest absolute Gasteiger partial charge is 0.272 e. The molecule has 0 saturated carbocycles. The van der Waals surface area contributed by atoms with E-state index in [9.17, 15) is 18.3 Å². The quantitative estimate of drug-likeness (QED) is 0.833. The first-order valence-corrected chi connectivity index (χ1v) is 9.88. The van der Waals surface area contributed by atoms with Crippen molar-refractivity contribution in [1.29, 1.82) is 0 Å². The molecular weight excluding hydrogens is 330 g/mol. The van der Waals surface area contributed by atoms with E-state index in [-0.39, 0.29) is 25.0 Å². The van der Waals surface area contributed by atoms with E-state index in [1.165, 1.54) is 10.6 Å². The molecule has 3 heterocycles. The summed E-state index contributed by atoms with van der Waals surface area (Å²) in [5, 5.41) is 9.97. The van der Waals surface area contributed by atoms with Crippen molar-refractivity contribution in [2.75, 3.05) is 39.0 Å². The van der Waals surface area contributed by atoms with Crippen molar-refractivity contribution in [2.45, 2.75) is 13.3 Å². The van der Waals surface area contributed by atoms with Gasteiger partial charge in [-0.3, -0.25) is 9.78 Å². The fourth-order valence-corrected chi connectivity index (χ4v) is 4.69. The molecule has 0 radical (unpaired) electrons. The van der Waals surface area contributed by atoms with Crippen molar-refractivity contribution in [2.24, 2.45) is 11.3 Å². The van der Waals surface area contributed by atoms with Crippen LogP contribution in [0.15, 0.2) is 18.3 Å². The summed E-state index contributed by atoms with van der Waals surface area (Å²) in [6.07, 6.45) is 3.53. The molecule has 0 unspecified atom stereocenters. The van der Waals surface area contributed by atoms with Crippen molar-refractivity contribution in [1.82, 2.24) is 14.2 Å². The Morgan fingerprint density at radius 1 is 1.42 bits per heavy atom. The zero-order valence-electron chi connectivity index (χ0n) is 14.0. The number of hydrogen-bond acceptors (Lipinski definition) is 5. The molecule has 0 aromatic carbocycles. The third kappa shape index (κ3) is 3.05. The zero-order valence-corrected chi connectivity index (χ0v) is 14.8. The molecule has 132 valence electrons. The van der Waals surface area contributed by atoms with Gasteiger partial charge in [-0.25, -0.2) is 12.7 Å². The molecule has 2 aliphatic rings. The first kappa shape index (κ1) is 17.3. The normalized spacial score (nSPS) is 28.0. The fraction of sp³-hybridized carbons (Fsp3) is 0.625. The van der Waals surface area contributed by atoms with Crippen LogP contribution in [0.5, 0.6) is 0 Å². The number of amides is 1. The Hall–Kier alpha value is -1.51. The van der Waals surface area contributed by atoms with Gasteiger partial charge in [-0.15, -0.1) is 0 Å². The molecule has 1 amide bonds. The van der Waals surface area contributed by atoms with Gasteiger partial charge in [0.25, 0.3) is 5.91 Å². The fourth-order valence-electron chi connectivity index (χ4n) is 3.74. The van der Waals surface area contributed by atoms with Crippen LogP contribution < -0.4 is 0 Å². The van der Waals surface area contributed by atoms with Crippen LogP contribution in [0.1, 0.15) is 22.5 Å². The summed E-state index contributed by atoms with van der Waals surface area (Å²) in [7, 11) is -3.30. The van der Waals surface area contributed by atoms with Crippen molar-refractivity contribution in [3.05, 3.63) is 29.6 Å². The highest BCUT2D eigenvalue weighted by atomic mass is 32.2. The second-order valence-corrected chi connectivity index (χ2v) is 8.99. The number of rotatable bonds is 3. The van der Waals surface area contributed by atoms with Gasteiger partial charge in [0, 0.05) is 37.8 Å². The summed E-state index contributed by atoms with van der Waals surface area (Å²) in [4.78, 5) is 18.6. The number of likely N-dealkylation sites (tertiary alicyclic amines) is 1. The summed E-state index contributed by atoms with van der Waals surface area (Å²) in [6, 6.07) is 3.54. The van der Waals surface area contributed by atoms with Gasteiger partial charge < -0.3 is 10.0 Å². The summed E-state index contributed by atoms with van der Waals surface area (Å²) >= 11 is 0. The number of aryl methyl sites for hydroxylation is 1. The standard InChI is InChI=1S/C16H23N3O4S/c1-12-3-4-14(17-7-12)15(21)18-6-5-13-8-19(24(2,22)23)10-16(13,9-18)11-20/h3-4,7,13,20H,5-6,8-11H2,1-2H3/t13-,16+/m0/s1. The maximum atomic E-state index is 12.7. The number of nitrogens with zero attached hydrogens (tertiary/aromatic N) is 3. The molecule has 0 bridgehead atoms. The highest BCUT2D eigenvalue weighted by Crippen LogP contribution is 2.42. The highest BCUT2D eigenvalue weighted by molar-refractivity contribution is 7.88. The molecular formula is C16H23N3O4S. The number of piperidine rings is 1. The van der Waals surface area contributed by atoms with Gasteiger partial charge in [0.1, 0.15) is 5.69 Å². The van der Waals surface area contributed by atoms with Gasteiger partial charge in [-0.05, 0) is 30.9 Å². The van der Waals surface area contributed by atoms with Crippen LogP contribution in [0.2, 0.25) is 0 Å². The summed E-state index contributed by atoms with van der Waals surface area (Å²) in [6.45, 7) is 3.37. The second-order valence-electron chi connectivity index (χ2n) is 7.01. The number of carbonyl (C=O) groups excluding carboxylic acids is 1. The summed E-state index contributed by atoms with van der Waals surface area (Å²) < 4.78 is 25.1. The van der Waals surface area contributed by atoms with E-state index < -0.39 is 15.4 Å². The average molecular weight is 353 g/mol. The number of pyridine rings is 1. The number of aliphatic hydroxyl groups excluding tert-OH is 1. The van der Waals surface area contributed by atoms with Crippen LogP contribution in [0.4, 0.5) is 0 Å². The van der Waals surface area contributed by atoms with Crippen molar-refractivity contribution in [3.63, 3.8) is 0 Å². The van der Waals surface area contributed by atoms with E-state index in [1.807, 2.05) is 13.0 Å². The van der Waals surface area contributed by atoms with E-state index in [4.69, 9.17) is 0 Å². The van der Waals surface area contributed by atoms with Crippen LogP contribution in [0.25, 0.3) is 0 Å². The molecule has 2 saturated heterocycles. The van der Waals surface area contributed by atoms with E-state index in [2.05, 4.69) is 4.98 Å². The predicted molar refractivity (Wildman–Crippen MR) is 88.9 cm³/mol. The monoisotopic (exact) mass is 353 g/mol. The van der Waals surface area contributed by atoms with E-state index in [1.54, 1.807) is 17.2 Å².